The lowest BCUT2D eigenvalue weighted by molar-refractivity contribution is 0.0265. The zero-order valence-electron chi connectivity index (χ0n) is 21.1. The lowest BCUT2D eigenvalue weighted by Gasteiger charge is -2.25. The van der Waals surface area contributed by atoms with Gasteiger partial charge in [0.05, 0.1) is 0 Å². The fraction of sp³-hybridized carbons (Fsp3) is 0.429. The first-order chi connectivity index (χ1) is 17.1. The molecule has 3 atom stereocenters. The van der Waals surface area contributed by atoms with Crippen LogP contribution in [-0.2, 0) is 11.2 Å². The Labute approximate surface area is 210 Å². The number of hydrogen-bond acceptors (Lipinski definition) is 5. The van der Waals surface area contributed by atoms with Crippen molar-refractivity contribution in [1.82, 2.24) is 20.2 Å². The molecule has 1 saturated carbocycles. The Balaban J connectivity index is 1.29. The van der Waals surface area contributed by atoms with Crippen molar-refractivity contribution in [1.29, 1.82) is 0 Å². The molecule has 2 aliphatic rings. The number of carbonyl (C=O) groups excluding carboxylic acids is 3. The lowest BCUT2D eigenvalue weighted by Crippen LogP contribution is -2.37. The molecule has 188 valence electrons. The van der Waals surface area contributed by atoms with Crippen LogP contribution < -0.4 is 5.32 Å². The van der Waals surface area contributed by atoms with Crippen LogP contribution in [-0.4, -0.2) is 58.4 Å². The van der Waals surface area contributed by atoms with Gasteiger partial charge in [0.1, 0.15) is 11.3 Å². The Morgan fingerprint density at radius 3 is 2.58 bits per heavy atom. The molecule has 2 aromatic heterocycles. The third-order valence-corrected chi connectivity index (χ3v) is 7.16. The van der Waals surface area contributed by atoms with Gasteiger partial charge >= 0.3 is 6.09 Å². The van der Waals surface area contributed by atoms with E-state index in [-0.39, 0.29) is 29.4 Å². The molecule has 1 aliphatic carbocycles. The summed E-state index contributed by atoms with van der Waals surface area (Å²) in [7, 11) is 1.56. The second-order valence-electron chi connectivity index (χ2n) is 10.8. The summed E-state index contributed by atoms with van der Waals surface area (Å²) in [5, 5.41) is 3.71. The number of aromatic nitrogens is 2. The highest BCUT2D eigenvalue weighted by molar-refractivity contribution is 6.00. The van der Waals surface area contributed by atoms with Crippen molar-refractivity contribution >= 4 is 28.7 Å². The number of aromatic amines is 1. The molecule has 3 aromatic rings. The Kier molecular flexibility index (Phi) is 6.06. The monoisotopic (exact) mass is 488 g/mol. The largest absolute Gasteiger partial charge is 0.444 e. The molecule has 0 bridgehead atoms. The van der Waals surface area contributed by atoms with Crippen LogP contribution >= 0.6 is 0 Å². The van der Waals surface area contributed by atoms with Gasteiger partial charge in [-0.2, -0.15) is 0 Å². The molecule has 0 spiro atoms. The molecular weight excluding hydrogens is 456 g/mol. The molecule has 3 heterocycles. The standard InChI is InChI=1S/C28H32N4O4/c1-28(2,3)36-27(35)32-14-21-20(22(21)15-32)13-25(33)17-11-18(31-24(12-17)26(34)29-4)10-16-6-5-7-23-19(16)8-9-30-23/h5-9,11-12,20-22,30H,10,13-15H2,1-4H3,(H,29,34)/t20?,21-,22+. The average molecular weight is 489 g/mol. The molecular formula is C28H32N4O4. The van der Waals surface area contributed by atoms with Crippen LogP contribution in [0.4, 0.5) is 4.79 Å². The van der Waals surface area contributed by atoms with Crippen LogP contribution in [0.2, 0.25) is 0 Å². The summed E-state index contributed by atoms with van der Waals surface area (Å²) in [5.74, 6) is 0.596. The van der Waals surface area contributed by atoms with Gasteiger partial charge in [-0.05, 0) is 68.4 Å². The summed E-state index contributed by atoms with van der Waals surface area (Å²) in [6, 6.07) is 11.4. The molecule has 0 radical (unpaired) electrons. The number of Topliss-reactive ketones (excluding diaryl/α,β-unsaturated/α-hetero) is 1. The van der Waals surface area contributed by atoms with Crippen LogP contribution in [0.25, 0.3) is 10.9 Å². The Morgan fingerprint density at radius 1 is 1.14 bits per heavy atom. The van der Waals surface area contributed by atoms with Gasteiger partial charge in [0.25, 0.3) is 5.91 Å². The lowest BCUT2D eigenvalue weighted by atomic mass is 9.99. The number of hydrogen-bond donors (Lipinski definition) is 2. The molecule has 1 aromatic carbocycles. The van der Waals surface area contributed by atoms with Gasteiger partial charge in [-0.15, -0.1) is 0 Å². The van der Waals surface area contributed by atoms with Crippen LogP contribution in [0.15, 0.2) is 42.6 Å². The van der Waals surface area contributed by atoms with E-state index in [1.807, 2.05) is 57.3 Å². The van der Waals surface area contributed by atoms with Crippen molar-refractivity contribution in [2.24, 2.45) is 17.8 Å². The number of likely N-dealkylation sites (tertiary alicyclic amines) is 1. The SMILES string of the molecule is CNC(=O)c1cc(C(=O)CC2[C@H]3CN(C(=O)OC(C)(C)C)C[C@@H]23)cc(Cc2cccc3[nH]ccc23)n1. The minimum absolute atomic E-state index is 0.00636. The van der Waals surface area contributed by atoms with Gasteiger partial charge in [-0.3, -0.25) is 9.59 Å². The number of ether oxygens (including phenoxy) is 1. The Hall–Kier alpha value is -3.68. The smallest absolute Gasteiger partial charge is 0.410 e. The number of rotatable bonds is 6. The van der Waals surface area contributed by atoms with Crippen molar-refractivity contribution < 1.29 is 19.1 Å². The number of nitrogens with zero attached hydrogens (tertiary/aromatic N) is 2. The van der Waals surface area contributed by atoms with E-state index in [0.29, 0.717) is 49.0 Å². The second kappa shape index (κ2) is 9.08. The first-order valence-electron chi connectivity index (χ1n) is 12.4. The van der Waals surface area contributed by atoms with Crippen molar-refractivity contribution in [2.45, 2.75) is 39.2 Å². The molecule has 8 nitrogen and oxygen atoms in total. The molecule has 2 N–H and O–H groups in total. The number of nitrogens with one attached hydrogen (secondary N) is 2. The van der Waals surface area contributed by atoms with E-state index in [0.717, 1.165) is 16.5 Å². The number of H-pyrrole nitrogens is 1. The average Bonchev–Trinajstić information content (AvgIpc) is 3.21. The van der Waals surface area contributed by atoms with E-state index in [1.165, 1.54) is 0 Å². The number of amides is 2. The van der Waals surface area contributed by atoms with E-state index < -0.39 is 5.60 Å². The zero-order valence-corrected chi connectivity index (χ0v) is 21.1. The van der Waals surface area contributed by atoms with Gasteiger partial charge in [-0.1, -0.05) is 12.1 Å². The number of benzene rings is 1. The normalized spacial score (nSPS) is 20.8. The summed E-state index contributed by atoms with van der Waals surface area (Å²) in [5.41, 5.74) is 3.02. The Morgan fingerprint density at radius 2 is 1.89 bits per heavy atom. The van der Waals surface area contributed by atoms with Crippen LogP contribution in [0.3, 0.4) is 0 Å². The number of carbonyl (C=O) groups is 3. The first-order valence-corrected chi connectivity index (χ1v) is 12.4. The topological polar surface area (TPSA) is 104 Å². The zero-order chi connectivity index (χ0) is 25.6. The van der Waals surface area contributed by atoms with Crippen molar-refractivity contribution in [3.05, 3.63) is 65.1 Å². The summed E-state index contributed by atoms with van der Waals surface area (Å²) >= 11 is 0. The molecule has 2 amide bonds. The molecule has 1 aliphatic heterocycles. The summed E-state index contributed by atoms with van der Waals surface area (Å²) in [4.78, 5) is 47.6. The van der Waals surface area contributed by atoms with E-state index in [1.54, 1.807) is 18.0 Å². The van der Waals surface area contributed by atoms with Crippen molar-refractivity contribution in [3.63, 3.8) is 0 Å². The molecule has 36 heavy (non-hydrogen) atoms. The molecule has 8 heteroatoms. The summed E-state index contributed by atoms with van der Waals surface area (Å²) in [6.07, 6.45) is 2.53. The van der Waals surface area contributed by atoms with Gasteiger partial charge in [0, 0.05) is 61.3 Å². The third-order valence-electron chi connectivity index (χ3n) is 7.16. The minimum atomic E-state index is -0.520. The molecule has 5 rings (SSSR count). The first kappa shape index (κ1) is 24.0. The van der Waals surface area contributed by atoms with Crippen LogP contribution in [0.5, 0.6) is 0 Å². The highest BCUT2D eigenvalue weighted by Crippen LogP contribution is 2.54. The fourth-order valence-electron chi connectivity index (χ4n) is 5.34. The van der Waals surface area contributed by atoms with E-state index >= 15 is 0 Å². The number of piperidine rings is 1. The van der Waals surface area contributed by atoms with Gasteiger partial charge < -0.3 is 19.9 Å². The summed E-state index contributed by atoms with van der Waals surface area (Å²) in [6.45, 7) is 6.83. The highest BCUT2D eigenvalue weighted by atomic mass is 16.6. The van der Waals surface area contributed by atoms with Gasteiger partial charge in [0.2, 0.25) is 0 Å². The Bertz CT molecular complexity index is 1330. The van der Waals surface area contributed by atoms with Crippen LogP contribution in [0.1, 0.15) is 59.3 Å². The minimum Gasteiger partial charge on any atom is -0.444 e. The van der Waals surface area contributed by atoms with E-state index in [2.05, 4.69) is 15.3 Å². The van der Waals surface area contributed by atoms with E-state index in [4.69, 9.17) is 4.74 Å². The maximum atomic E-state index is 13.3. The van der Waals surface area contributed by atoms with Crippen molar-refractivity contribution in [2.75, 3.05) is 20.1 Å². The van der Waals surface area contributed by atoms with Crippen molar-refractivity contribution in [3.8, 4) is 0 Å². The summed E-state index contributed by atoms with van der Waals surface area (Å²) < 4.78 is 5.48. The highest BCUT2D eigenvalue weighted by Gasteiger charge is 2.57. The molecule has 1 unspecified atom stereocenters. The van der Waals surface area contributed by atoms with Crippen LogP contribution in [0, 0.1) is 17.8 Å². The number of ketones is 1. The van der Waals surface area contributed by atoms with Gasteiger partial charge in [-0.25, -0.2) is 9.78 Å². The predicted molar refractivity (Wildman–Crippen MR) is 136 cm³/mol. The maximum Gasteiger partial charge on any atom is 0.410 e. The number of fused-ring (bicyclic) bond motifs is 2. The maximum absolute atomic E-state index is 13.3. The molecule has 2 fully saturated rings. The fourth-order valence-corrected chi connectivity index (χ4v) is 5.34. The van der Waals surface area contributed by atoms with E-state index in [9.17, 15) is 14.4 Å². The predicted octanol–water partition coefficient (Wildman–Crippen LogP) is 4.20. The second-order valence-corrected chi connectivity index (χ2v) is 10.8. The van der Waals surface area contributed by atoms with Gasteiger partial charge in [0.15, 0.2) is 5.78 Å². The third kappa shape index (κ3) is 4.85. The molecule has 1 saturated heterocycles. The quantitative estimate of drug-likeness (QED) is 0.506. The number of pyridine rings is 1.